The van der Waals surface area contributed by atoms with Gasteiger partial charge in [0.1, 0.15) is 0 Å². The Labute approximate surface area is 166 Å². The van der Waals surface area contributed by atoms with E-state index in [9.17, 15) is 0 Å². The summed E-state index contributed by atoms with van der Waals surface area (Å²) >= 11 is 0. The number of anilines is 1. The maximum atomic E-state index is 4.74. The molecule has 1 aromatic heterocycles. The van der Waals surface area contributed by atoms with E-state index in [-0.39, 0.29) is 0 Å². The van der Waals surface area contributed by atoms with Gasteiger partial charge in [-0.25, -0.2) is 9.97 Å². The number of likely N-dealkylation sites (N-methyl/N-ethyl adjacent to an activating group) is 1. The molecule has 2 bridgehead atoms. The number of nitrogens with zero attached hydrogens (tertiary/aromatic N) is 5. The molecule has 152 valence electrons. The lowest BCUT2D eigenvalue weighted by Crippen LogP contribution is -2.54. The predicted octanol–water partition coefficient (Wildman–Crippen LogP) is 3.45. The van der Waals surface area contributed by atoms with E-state index in [1.165, 1.54) is 57.3 Å². The average molecular weight is 374 g/mol. The molecule has 0 radical (unpaired) electrons. The molecule has 5 heteroatoms. The molecule has 2 aliphatic heterocycles. The molecule has 1 aromatic rings. The molecule has 0 amide bonds. The van der Waals surface area contributed by atoms with Crippen LogP contribution in [0.3, 0.4) is 0 Å². The van der Waals surface area contributed by atoms with E-state index < -0.39 is 0 Å². The number of hydrogen-bond donors (Lipinski definition) is 0. The molecule has 2 atom stereocenters. The smallest absolute Gasteiger partial charge is 0.225 e. The first-order valence-corrected chi connectivity index (χ1v) is 11.1. The summed E-state index contributed by atoms with van der Waals surface area (Å²) in [4.78, 5) is 17.0. The molecular weight excluding hydrogens is 334 g/mol. The highest BCUT2D eigenvalue weighted by molar-refractivity contribution is 5.37. The van der Waals surface area contributed by atoms with Crippen molar-refractivity contribution < 1.29 is 0 Å². The molecule has 0 aromatic carbocycles. The minimum atomic E-state index is 0.606. The minimum Gasteiger partial charge on any atom is -0.332 e. The Balaban J connectivity index is 1.43. The number of piperazine rings is 1. The number of likely N-dealkylation sites (tertiary alicyclic amines) is 1. The molecule has 0 saturated carbocycles. The summed E-state index contributed by atoms with van der Waals surface area (Å²) in [6.07, 6.45) is 11.6. The lowest BCUT2D eigenvalue weighted by atomic mass is 10.1. The summed E-state index contributed by atoms with van der Waals surface area (Å²) in [5.74, 6) is 1.77. The highest BCUT2D eigenvalue weighted by Crippen LogP contribution is 2.32. The molecule has 0 spiro atoms. The van der Waals surface area contributed by atoms with E-state index in [4.69, 9.17) is 9.97 Å². The maximum absolute atomic E-state index is 4.74. The van der Waals surface area contributed by atoms with E-state index in [0.29, 0.717) is 12.1 Å². The van der Waals surface area contributed by atoms with Gasteiger partial charge >= 0.3 is 0 Å². The van der Waals surface area contributed by atoms with Gasteiger partial charge in [0.25, 0.3) is 0 Å². The lowest BCUT2D eigenvalue weighted by Gasteiger charge is -2.40. The van der Waals surface area contributed by atoms with Crippen LogP contribution in [0.5, 0.6) is 0 Å². The third-order valence-corrected chi connectivity index (χ3v) is 6.25. The molecule has 3 heterocycles. The number of hydrogen-bond acceptors (Lipinski definition) is 5. The molecule has 3 rings (SSSR count). The summed E-state index contributed by atoms with van der Waals surface area (Å²) in [5.41, 5.74) is 1.27. The van der Waals surface area contributed by atoms with Gasteiger partial charge in [0.05, 0.1) is 0 Å². The van der Waals surface area contributed by atoms with Crippen molar-refractivity contribution in [1.82, 2.24) is 19.8 Å². The van der Waals surface area contributed by atoms with Crippen molar-refractivity contribution in [2.75, 3.05) is 44.7 Å². The molecule has 0 N–H and O–H groups in total. The Kier molecular flexibility index (Phi) is 7.48. The zero-order chi connectivity index (χ0) is 19.2. The third kappa shape index (κ3) is 5.64. The topological polar surface area (TPSA) is 35.5 Å². The van der Waals surface area contributed by atoms with Crippen LogP contribution in [0.2, 0.25) is 0 Å². The summed E-state index contributed by atoms with van der Waals surface area (Å²) in [6, 6.07) is 1.21. The second-order valence-corrected chi connectivity index (χ2v) is 8.98. The van der Waals surface area contributed by atoms with Gasteiger partial charge < -0.3 is 9.80 Å². The van der Waals surface area contributed by atoms with Crippen LogP contribution < -0.4 is 4.90 Å². The lowest BCUT2D eigenvalue weighted by molar-refractivity contribution is 0.228. The second kappa shape index (κ2) is 9.83. The quantitative estimate of drug-likeness (QED) is 0.628. The van der Waals surface area contributed by atoms with Crippen molar-refractivity contribution in [3.63, 3.8) is 0 Å². The molecule has 2 fully saturated rings. The standard InChI is InChI=1S/C22H39N5/c1-5-26-16-20-10-11-21(17-26)27(20)22-23-14-19(15-24-22)9-7-13-25(4)12-6-8-18(2)3/h14-15,18,20-21H,5-13,16-17H2,1-4H3. The van der Waals surface area contributed by atoms with E-state index in [2.05, 4.69) is 54.9 Å². The third-order valence-electron chi connectivity index (χ3n) is 6.25. The van der Waals surface area contributed by atoms with Crippen molar-refractivity contribution in [3.8, 4) is 0 Å². The zero-order valence-electron chi connectivity index (χ0n) is 17.9. The SMILES string of the molecule is CCN1CC2CCC(C1)N2c1ncc(CCCN(C)CCCC(C)C)cn1. The van der Waals surface area contributed by atoms with E-state index in [1.807, 2.05) is 0 Å². The Bertz CT molecular complexity index is 544. The van der Waals surface area contributed by atoms with Crippen molar-refractivity contribution in [2.45, 2.75) is 71.4 Å². The summed E-state index contributed by atoms with van der Waals surface area (Å²) in [7, 11) is 2.24. The van der Waals surface area contributed by atoms with Crippen LogP contribution in [-0.2, 0) is 6.42 Å². The van der Waals surface area contributed by atoms with Crippen molar-refractivity contribution in [2.24, 2.45) is 5.92 Å². The van der Waals surface area contributed by atoms with E-state index in [0.717, 1.165) is 31.4 Å². The first-order valence-electron chi connectivity index (χ1n) is 11.1. The van der Waals surface area contributed by atoms with Crippen LogP contribution in [0.15, 0.2) is 12.4 Å². The predicted molar refractivity (Wildman–Crippen MR) is 113 cm³/mol. The monoisotopic (exact) mass is 373 g/mol. The van der Waals surface area contributed by atoms with E-state index >= 15 is 0 Å². The number of aromatic nitrogens is 2. The van der Waals surface area contributed by atoms with Gasteiger partial charge in [-0.2, -0.15) is 0 Å². The van der Waals surface area contributed by atoms with Gasteiger partial charge in [0.15, 0.2) is 0 Å². The van der Waals surface area contributed by atoms with Gasteiger partial charge in [0.2, 0.25) is 5.95 Å². The van der Waals surface area contributed by atoms with Crippen LogP contribution in [0, 0.1) is 5.92 Å². The Morgan fingerprint density at radius 1 is 1.07 bits per heavy atom. The molecule has 0 aliphatic carbocycles. The molecule has 2 unspecified atom stereocenters. The molecule has 5 nitrogen and oxygen atoms in total. The fourth-order valence-electron chi connectivity index (χ4n) is 4.62. The molecular formula is C22H39N5. The highest BCUT2D eigenvalue weighted by atomic mass is 15.4. The summed E-state index contributed by atoms with van der Waals surface area (Å²) in [6.45, 7) is 12.7. The highest BCUT2D eigenvalue weighted by Gasteiger charge is 2.40. The zero-order valence-corrected chi connectivity index (χ0v) is 17.9. The normalized spacial score (nSPS) is 23.0. The van der Waals surface area contributed by atoms with Gasteiger partial charge in [-0.15, -0.1) is 0 Å². The van der Waals surface area contributed by atoms with Crippen molar-refractivity contribution >= 4 is 5.95 Å². The number of rotatable bonds is 10. The average Bonchev–Trinajstić information content (AvgIpc) is 2.91. The van der Waals surface area contributed by atoms with Crippen LogP contribution in [0.1, 0.15) is 58.4 Å². The second-order valence-electron chi connectivity index (χ2n) is 8.98. The van der Waals surface area contributed by atoms with Crippen LogP contribution >= 0.6 is 0 Å². The Morgan fingerprint density at radius 3 is 2.30 bits per heavy atom. The summed E-state index contributed by atoms with van der Waals surface area (Å²) < 4.78 is 0. The minimum absolute atomic E-state index is 0.606. The molecule has 2 aliphatic rings. The first-order chi connectivity index (χ1) is 13.1. The van der Waals surface area contributed by atoms with E-state index in [1.54, 1.807) is 0 Å². The van der Waals surface area contributed by atoms with Crippen LogP contribution in [0.25, 0.3) is 0 Å². The fraction of sp³-hybridized carbons (Fsp3) is 0.818. The summed E-state index contributed by atoms with van der Waals surface area (Å²) in [5, 5.41) is 0. The maximum Gasteiger partial charge on any atom is 0.225 e. The molecule has 27 heavy (non-hydrogen) atoms. The number of aryl methyl sites for hydroxylation is 1. The Morgan fingerprint density at radius 2 is 1.70 bits per heavy atom. The van der Waals surface area contributed by atoms with Gasteiger partial charge in [0, 0.05) is 37.6 Å². The van der Waals surface area contributed by atoms with Crippen LogP contribution in [0.4, 0.5) is 5.95 Å². The van der Waals surface area contributed by atoms with Gasteiger partial charge in [-0.05, 0) is 76.7 Å². The number of fused-ring (bicyclic) bond motifs is 2. The molecule has 2 saturated heterocycles. The van der Waals surface area contributed by atoms with Gasteiger partial charge in [-0.3, -0.25) is 4.90 Å². The largest absolute Gasteiger partial charge is 0.332 e. The van der Waals surface area contributed by atoms with Crippen molar-refractivity contribution in [3.05, 3.63) is 18.0 Å². The van der Waals surface area contributed by atoms with Gasteiger partial charge in [-0.1, -0.05) is 20.8 Å². The fourth-order valence-corrected chi connectivity index (χ4v) is 4.62. The Hall–Kier alpha value is -1.20. The van der Waals surface area contributed by atoms with Crippen molar-refractivity contribution in [1.29, 1.82) is 0 Å². The van der Waals surface area contributed by atoms with Crippen LogP contribution in [-0.4, -0.2) is 71.6 Å². The first kappa shape index (κ1) is 20.5.